The van der Waals surface area contributed by atoms with Crippen LogP contribution in [0.2, 0.25) is 10.0 Å². The van der Waals surface area contributed by atoms with Crippen LogP contribution in [0.5, 0.6) is 0 Å². The second kappa shape index (κ2) is 9.62. The summed E-state index contributed by atoms with van der Waals surface area (Å²) in [6, 6.07) is 17.4. The van der Waals surface area contributed by atoms with Crippen molar-refractivity contribution in [3.63, 3.8) is 0 Å². The Balaban J connectivity index is 1.83. The first-order valence-corrected chi connectivity index (χ1v) is 11.8. The van der Waals surface area contributed by atoms with Crippen LogP contribution in [-0.4, -0.2) is 22.1 Å². The maximum Gasteiger partial charge on any atom is 0.211 e. The lowest BCUT2D eigenvalue weighted by Gasteiger charge is -2.06. The Bertz CT molecular complexity index is 1250. The average Bonchev–Trinajstić information content (AvgIpc) is 3.15. The standard InChI is InChI=1S/C22H16Cl2N4S2/c1-29-18-7-4-15(5-8-18)12-26-28-21(19-9-6-16(23)11-20(19)24)14-30-22(28)27-17-3-2-10-25-13-17/h2-14H,1H3. The van der Waals surface area contributed by atoms with Crippen molar-refractivity contribution in [2.24, 2.45) is 10.1 Å². The van der Waals surface area contributed by atoms with E-state index in [4.69, 9.17) is 33.3 Å². The normalized spacial score (nSPS) is 12.0. The first-order chi connectivity index (χ1) is 14.6. The summed E-state index contributed by atoms with van der Waals surface area (Å²) in [5, 5.41) is 7.85. The zero-order chi connectivity index (χ0) is 20.9. The third-order valence-electron chi connectivity index (χ3n) is 4.20. The highest BCUT2D eigenvalue weighted by atomic mass is 35.5. The van der Waals surface area contributed by atoms with Gasteiger partial charge in [-0.1, -0.05) is 35.3 Å². The average molecular weight is 471 g/mol. The van der Waals surface area contributed by atoms with E-state index in [0.29, 0.717) is 14.8 Å². The van der Waals surface area contributed by atoms with Gasteiger partial charge in [-0.15, -0.1) is 23.1 Å². The zero-order valence-electron chi connectivity index (χ0n) is 15.9. The zero-order valence-corrected chi connectivity index (χ0v) is 19.0. The number of halogens is 2. The quantitative estimate of drug-likeness (QED) is 0.239. The van der Waals surface area contributed by atoms with Gasteiger partial charge in [0.2, 0.25) is 4.80 Å². The predicted molar refractivity (Wildman–Crippen MR) is 128 cm³/mol. The van der Waals surface area contributed by atoms with E-state index in [0.717, 1.165) is 22.5 Å². The fraction of sp³-hybridized carbons (Fsp3) is 0.0455. The van der Waals surface area contributed by atoms with Gasteiger partial charge in [-0.3, -0.25) is 4.98 Å². The Morgan fingerprint density at radius 1 is 1.10 bits per heavy atom. The van der Waals surface area contributed by atoms with E-state index in [1.807, 2.05) is 48.0 Å². The summed E-state index contributed by atoms with van der Waals surface area (Å²) in [4.78, 5) is 10.8. The molecule has 0 unspecified atom stereocenters. The predicted octanol–water partition coefficient (Wildman–Crippen LogP) is 6.75. The third-order valence-corrected chi connectivity index (χ3v) is 6.31. The maximum atomic E-state index is 6.47. The summed E-state index contributed by atoms with van der Waals surface area (Å²) in [5.41, 5.74) is 3.41. The highest BCUT2D eigenvalue weighted by molar-refractivity contribution is 7.98. The van der Waals surface area contributed by atoms with Crippen LogP contribution in [0.25, 0.3) is 11.3 Å². The van der Waals surface area contributed by atoms with E-state index in [1.54, 1.807) is 34.9 Å². The second-order valence-electron chi connectivity index (χ2n) is 6.18. The molecule has 0 aliphatic heterocycles. The van der Waals surface area contributed by atoms with Gasteiger partial charge >= 0.3 is 0 Å². The number of rotatable bonds is 5. The Hall–Kier alpha value is -2.38. The van der Waals surface area contributed by atoms with E-state index in [2.05, 4.69) is 23.4 Å². The second-order valence-corrected chi connectivity index (χ2v) is 8.74. The minimum Gasteiger partial charge on any atom is -0.262 e. The summed E-state index contributed by atoms with van der Waals surface area (Å²) in [5.74, 6) is 0. The molecule has 2 aromatic heterocycles. The lowest BCUT2D eigenvalue weighted by Crippen LogP contribution is -2.11. The number of hydrogen-bond acceptors (Lipinski definition) is 5. The monoisotopic (exact) mass is 470 g/mol. The molecule has 30 heavy (non-hydrogen) atoms. The molecule has 0 saturated heterocycles. The highest BCUT2D eigenvalue weighted by Crippen LogP contribution is 2.31. The summed E-state index contributed by atoms with van der Waals surface area (Å²) >= 11 is 15.7. The van der Waals surface area contributed by atoms with Crippen LogP contribution in [0.4, 0.5) is 5.69 Å². The molecule has 8 heteroatoms. The lowest BCUT2D eigenvalue weighted by atomic mass is 10.2. The molecule has 0 aliphatic rings. The van der Waals surface area contributed by atoms with Crippen LogP contribution < -0.4 is 4.80 Å². The van der Waals surface area contributed by atoms with Crippen molar-refractivity contribution in [2.45, 2.75) is 4.90 Å². The van der Waals surface area contributed by atoms with Gasteiger partial charge in [0.15, 0.2) is 0 Å². The van der Waals surface area contributed by atoms with Gasteiger partial charge in [-0.05, 0) is 54.3 Å². The molecule has 0 aliphatic carbocycles. The first-order valence-electron chi connectivity index (χ1n) is 8.93. The van der Waals surface area contributed by atoms with Crippen LogP contribution in [-0.2, 0) is 0 Å². The minimum absolute atomic E-state index is 0.557. The number of benzene rings is 2. The minimum atomic E-state index is 0.557. The fourth-order valence-electron chi connectivity index (χ4n) is 2.72. The molecular formula is C22H16Cl2N4S2. The van der Waals surface area contributed by atoms with Crippen LogP contribution in [0.15, 0.2) is 87.4 Å². The van der Waals surface area contributed by atoms with Crippen LogP contribution in [0, 0.1) is 0 Å². The van der Waals surface area contributed by atoms with Crippen molar-refractivity contribution in [1.29, 1.82) is 0 Å². The Morgan fingerprint density at radius 3 is 2.63 bits per heavy atom. The van der Waals surface area contributed by atoms with Crippen molar-refractivity contribution in [2.75, 3.05) is 6.26 Å². The van der Waals surface area contributed by atoms with Gasteiger partial charge in [-0.25, -0.2) is 9.67 Å². The first kappa shape index (κ1) is 20.9. The van der Waals surface area contributed by atoms with E-state index in [-0.39, 0.29) is 0 Å². The van der Waals surface area contributed by atoms with Crippen molar-refractivity contribution < 1.29 is 0 Å². The Labute approximate surface area is 192 Å². The van der Waals surface area contributed by atoms with Crippen molar-refractivity contribution in [1.82, 2.24) is 9.66 Å². The molecule has 0 N–H and O–H groups in total. The summed E-state index contributed by atoms with van der Waals surface area (Å²) in [6.07, 6.45) is 7.30. The van der Waals surface area contributed by atoms with Crippen LogP contribution in [0.3, 0.4) is 0 Å². The molecule has 0 saturated carbocycles. The van der Waals surface area contributed by atoms with Gasteiger partial charge in [0.05, 0.1) is 28.8 Å². The Kier molecular flexibility index (Phi) is 6.69. The molecule has 0 atom stereocenters. The van der Waals surface area contributed by atoms with Gasteiger partial charge in [0, 0.05) is 27.1 Å². The molecule has 4 nitrogen and oxygen atoms in total. The maximum absolute atomic E-state index is 6.47. The third kappa shape index (κ3) is 4.84. The molecule has 2 aromatic carbocycles. The summed E-state index contributed by atoms with van der Waals surface area (Å²) in [6.45, 7) is 0. The number of hydrogen-bond donors (Lipinski definition) is 0. The molecule has 0 spiro atoms. The van der Waals surface area contributed by atoms with Gasteiger partial charge in [-0.2, -0.15) is 5.10 Å². The number of pyridine rings is 1. The number of thiazole rings is 1. The molecule has 150 valence electrons. The largest absolute Gasteiger partial charge is 0.262 e. The SMILES string of the molecule is CSc1ccc(C=Nn2c(-c3ccc(Cl)cc3Cl)csc2=Nc2cccnc2)cc1. The van der Waals surface area contributed by atoms with E-state index in [9.17, 15) is 0 Å². The number of thioether (sulfide) groups is 1. The molecule has 0 amide bonds. The van der Waals surface area contributed by atoms with Gasteiger partial charge < -0.3 is 0 Å². The van der Waals surface area contributed by atoms with Gasteiger partial charge in [0.25, 0.3) is 0 Å². The van der Waals surface area contributed by atoms with E-state index < -0.39 is 0 Å². The topological polar surface area (TPSA) is 42.5 Å². The smallest absolute Gasteiger partial charge is 0.211 e. The van der Waals surface area contributed by atoms with E-state index >= 15 is 0 Å². The van der Waals surface area contributed by atoms with E-state index in [1.165, 1.54) is 16.2 Å². The number of nitrogens with zero attached hydrogens (tertiary/aromatic N) is 4. The van der Waals surface area contributed by atoms with Crippen LogP contribution >= 0.6 is 46.3 Å². The fourth-order valence-corrected chi connectivity index (χ4v) is 4.48. The highest BCUT2D eigenvalue weighted by Gasteiger charge is 2.11. The molecule has 2 heterocycles. The van der Waals surface area contributed by atoms with Crippen molar-refractivity contribution in [3.05, 3.63) is 92.8 Å². The summed E-state index contributed by atoms with van der Waals surface area (Å²) in [7, 11) is 0. The van der Waals surface area contributed by atoms with Crippen LogP contribution in [0.1, 0.15) is 5.56 Å². The summed E-state index contributed by atoms with van der Waals surface area (Å²) < 4.78 is 1.79. The lowest BCUT2D eigenvalue weighted by molar-refractivity contribution is 0.854. The number of aromatic nitrogens is 2. The van der Waals surface area contributed by atoms with Crippen molar-refractivity contribution in [3.8, 4) is 11.3 Å². The Morgan fingerprint density at radius 2 is 1.93 bits per heavy atom. The molecule has 4 rings (SSSR count). The molecule has 0 bridgehead atoms. The molecular weight excluding hydrogens is 455 g/mol. The molecule has 0 fully saturated rings. The van der Waals surface area contributed by atoms with Crippen molar-refractivity contribution >= 4 is 58.2 Å². The molecule has 0 radical (unpaired) electrons. The van der Waals surface area contributed by atoms with Gasteiger partial charge in [0.1, 0.15) is 0 Å². The molecule has 4 aromatic rings.